The Hall–Kier alpha value is -4.44. The SMILES string of the molecule is COC(=O)NC(C(=O)NC(Cc1ccc(-c2ccccn2)cc1)CC(O)C(Cc1ccccc1)NC(=O)O)C(C)(C)C. The van der Waals surface area contributed by atoms with Gasteiger partial charge in [0.05, 0.1) is 24.9 Å². The molecule has 4 atom stereocenters. The van der Waals surface area contributed by atoms with Crippen molar-refractivity contribution in [1.82, 2.24) is 20.9 Å². The number of carbonyl (C=O) groups is 3. The average Bonchev–Trinajstić information content (AvgIpc) is 2.95. The molecule has 10 heteroatoms. The molecule has 42 heavy (non-hydrogen) atoms. The van der Waals surface area contributed by atoms with Gasteiger partial charge in [0, 0.05) is 17.8 Å². The molecular weight excluding hydrogens is 536 g/mol. The number of nitrogens with zero attached hydrogens (tertiary/aromatic N) is 1. The number of benzene rings is 2. The quantitative estimate of drug-likeness (QED) is 0.217. The summed E-state index contributed by atoms with van der Waals surface area (Å²) in [6.07, 6.45) is -0.715. The van der Waals surface area contributed by atoms with E-state index in [0.29, 0.717) is 6.42 Å². The van der Waals surface area contributed by atoms with Gasteiger partial charge < -0.3 is 30.9 Å². The van der Waals surface area contributed by atoms with Crippen molar-refractivity contribution >= 4 is 18.1 Å². The molecule has 3 aromatic rings. The summed E-state index contributed by atoms with van der Waals surface area (Å²) in [6.45, 7) is 5.46. The summed E-state index contributed by atoms with van der Waals surface area (Å²) in [5, 5.41) is 28.8. The molecular formula is C32H40N4O6. The van der Waals surface area contributed by atoms with Gasteiger partial charge in [-0.1, -0.05) is 81.4 Å². The van der Waals surface area contributed by atoms with Crippen molar-refractivity contribution in [2.24, 2.45) is 5.41 Å². The Morgan fingerprint density at radius 1 is 0.857 bits per heavy atom. The van der Waals surface area contributed by atoms with E-state index in [1.807, 2.05) is 93.6 Å². The summed E-state index contributed by atoms with van der Waals surface area (Å²) in [5.74, 6) is -0.444. The van der Waals surface area contributed by atoms with Crippen LogP contribution in [0.2, 0.25) is 0 Å². The third kappa shape index (κ3) is 9.88. The van der Waals surface area contributed by atoms with Crippen LogP contribution in [0.15, 0.2) is 79.0 Å². The lowest BCUT2D eigenvalue weighted by atomic mass is 9.85. The van der Waals surface area contributed by atoms with Gasteiger partial charge in [0.2, 0.25) is 5.91 Å². The van der Waals surface area contributed by atoms with Gasteiger partial charge in [-0.15, -0.1) is 0 Å². The van der Waals surface area contributed by atoms with E-state index in [1.165, 1.54) is 7.11 Å². The summed E-state index contributed by atoms with van der Waals surface area (Å²) >= 11 is 0. The smallest absolute Gasteiger partial charge is 0.407 e. The molecule has 0 aliphatic heterocycles. The molecule has 1 aromatic heterocycles. The normalized spacial score (nSPS) is 14.1. The first-order valence-corrected chi connectivity index (χ1v) is 13.8. The molecule has 0 aliphatic rings. The number of carboxylic acid groups (broad SMARTS) is 1. The van der Waals surface area contributed by atoms with Crippen molar-refractivity contribution in [3.05, 3.63) is 90.1 Å². The summed E-state index contributed by atoms with van der Waals surface area (Å²) in [5.41, 5.74) is 2.87. The maximum atomic E-state index is 13.5. The minimum Gasteiger partial charge on any atom is -0.465 e. The molecule has 10 nitrogen and oxygen atoms in total. The van der Waals surface area contributed by atoms with E-state index < -0.39 is 47.7 Å². The predicted molar refractivity (Wildman–Crippen MR) is 160 cm³/mol. The highest BCUT2D eigenvalue weighted by Gasteiger charge is 2.35. The largest absolute Gasteiger partial charge is 0.465 e. The Morgan fingerprint density at radius 3 is 2.07 bits per heavy atom. The van der Waals surface area contributed by atoms with E-state index in [0.717, 1.165) is 22.4 Å². The summed E-state index contributed by atoms with van der Waals surface area (Å²) in [7, 11) is 1.23. The van der Waals surface area contributed by atoms with Gasteiger partial charge in [-0.05, 0) is 47.9 Å². The lowest BCUT2D eigenvalue weighted by Gasteiger charge is -2.33. The highest BCUT2D eigenvalue weighted by atomic mass is 16.5. The number of rotatable bonds is 12. The first kappa shape index (κ1) is 32.1. The standard InChI is InChI=1S/C32H40N4O6/c1-32(2,3)28(36-31(41)42-4)29(38)34-24(18-22-13-15-23(16-14-22)25-12-8-9-17-33-25)20-27(37)26(35-30(39)40)19-21-10-6-5-7-11-21/h5-17,24,26-28,35,37H,18-20H2,1-4H3,(H,34,38)(H,36,41)(H,39,40). The van der Waals surface area contributed by atoms with Crippen LogP contribution >= 0.6 is 0 Å². The number of ether oxygens (including phenoxy) is 1. The Labute approximate surface area is 246 Å². The number of alkyl carbamates (subject to hydrolysis) is 1. The molecule has 0 aliphatic carbocycles. The predicted octanol–water partition coefficient (Wildman–Crippen LogP) is 4.18. The summed E-state index contributed by atoms with van der Waals surface area (Å²) in [4.78, 5) is 41.5. The van der Waals surface area contributed by atoms with E-state index >= 15 is 0 Å². The first-order valence-electron chi connectivity index (χ1n) is 13.8. The van der Waals surface area contributed by atoms with Crippen LogP contribution in [-0.4, -0.2) is 64.6 Å². The number of nitrogens with one attached hydrogen (secondary N) is 3. The highest BCUT2D eigenvalue weighted by Crippen LogP contribution is 2.22. The number of aromatic nitrogens is 1. The van der Waals surface area contributed by atoms with E-state index in [9.17, 15) is 24.6 Å². The van der Waals surface area contributed by atoms with Gasteiger partial charge >= 0.3 is 12.2 Å². The molecule has 0 saturated heterocycles. The zero-order valence-corrected chi connectivity index (χ0v) is 24.4. The van der Waals surface area contributed by atoms with E-state index in [4.69, 9.17) is 4.74 Å². The number of methoxy groups -OCH3 is 1. The summed E-state index contributed by atoms with van der Waals surface area (Å²) < 4.78 is 4.72. The van der Waals surface area contributed by atoms with Crippen LogP contribution in [0.25, 0.3) is 11.3 Å². The first-order chi connectivity index (χ1) is 20.0. The molecule has 3 amide bonds. The number of aliphatic hydroxyl groups excluding tert-OH is 1. The highest BCUT2D eigenvalue weighted by molar-refractivity contribution is 5.86. The van der Waals surface area contributed by atoms with Crippen molar-refractivity contribution in [3.8, 4) is 11.3 Å². The number of hydrogen-bond acceptors (Lipinski definition) is 6. The van der Waals surface area contributed by atoms with Crippen LogP contribution in [0.4, 0.5) is 9.59 Å². The molecule has 1 heterocycles. The maximum absolute atomic E-state index is 13.5. The van der Waals surface area contributed by atoms with Crippen LogP contribution in [-0.2, 0) is 22.4 Å². The third-order valence-corrected chi connectivity index (χ3v) is 6.92. The second kappa shape index (κ2) is 15.0. The topological polar surface area (TPSA) is 150 Å². The van der Waals surface area contributed by atoms with Crippen molar-refractivity contribution < 1.29 is 29.3 Å². The number of carbonyl (C=O) groups excluding carboxylic acids is 2. The van der Waals surface area contributed by atoms with Crippen LogP contribution < -0.4 is 16.0 Å². The van der Waals surface area contributed by atoms with Crippen LogP contribution in [0, 0.1) is 5.41 Å². The second-order valence-corrected chi connectivity index (χ2v) is 11.3. The van der Waals surface area contributed by atoms with Gasteiger partial charge in [0.15, 0.2) is 0 Å². The molecule has 0 fully saturated rings. The molecule has 4 unspecified atom stereocenters. The van der Waals surface area contributed by atoms with Gasteiger partial charge in [0.25, 0.3) is 0 Å². The van der Waals surface area contributed by atoms with Crippen molar-refractivity contribution in [2.75, 3.05) is 7.11 Å². The molecule has 3 rings (SSSR count). The number of amides is 3. The zero-order chi connectivity index (χ0) is 30.7. The minimum atomic E-state index is -1.25. The lowest BCUT2D eigenvalue weighted by Crippen LogP contribution is -2.56. The number of hydrogen-bond donors (Lipinski definition) is 5. The fourth-order valence-corrected chi connectivity index (χ4v) is 4.73. The van der Waals surface area contributed by atoms with Gasteiger partial charge in [-0.3, -0.25) is 9.78 Å². The number of pyridine rings is 1. The maximum Gasteiger partial charge on any atom is 0.407 e. The van der Waals surface area contributed by atoms with E-state index in [2.05, 4.69) is 20.9 Å². The van der Waals surface area contributed by atoms with Crippen molar-refractivity contribution in [1.29, 1.82) is 0 Å². The lowest BCUT2D eigenvalue weighted by molar-refractivity contribution is -0.126. The monoisotopic (exact) mass is 576 g/mol. The molecule has 0 spiro atoms. The third-order valence-electron chi connectivity index (χ3n) is 6.92. The van der Waals surface area contributed by atoms with Crippen LogP contribution in [0.1, 0.15) is 38.3 Å². The van der Waals surface area contributed by atoms with E-state index in [1.54, 1.807) is 6.20 Å². The van der Waals surface area contributed by atoms with Crippen LogP contribution in [0.3, 0.4) is 0 Å². The van der Waals surface area contributed by atoms with Gasteiger partial charge in [-0.2, -0.15) is 0 Å². The molecule has 0 saturated carbocycles. The molecule has 2 aromatic carbocycles. The Bertz CT molecular complexity index is 1300. The van der Waals surface area contributed by atoms with Gasteiger partial charge in [-0.25, -0.2) is 9.59 Å². The Morgan fingerprint density at radius 2 is 1.50 bits per heavy atom. The molecule has 0 radical (unpaired) electrons. The summed E-state index contributed by atoms with van der Waals surface area (Å²) in [6, 6.07) is 20.3. The van der Waals surface area contributed by atoms with Crippen molar-refractivity contribution in [2.45, 2.75) is 64.3 Å². The molecule has 224 valence electrons. The van der Waals surface area contributed by atoms with Crippen LogP contribution in [0.5, 0.6) is 0 Å². The van der Waals surface area contributed by atoms with E-state index in [-0.39, 0.29) is 12.8 Å². The Kier molecular flexibility index (Phi) is 11.4. The second-order valence-electron chi connectivity index (χ2n) is 11.3. The number of aliphatic hydroxyl groups is 1. The average molecular weight is 577 g/mol. The molecule has 5 N–H and O–H groups in total. The Balaban J connectivity index is 1.85. The zero-order valence-electron chi connectivity index (χ0n) is 24.4. The molecule has 0 bridgehead atoms. The minimum absolute atomic E-state index is 0.0562. The van der Waals surface area contributed by atoms with Gasteiger partial charge in [0.1, 0.15) is 6.04 Å². The fourth-order valence-electron chi connectivity index (χ4n) is 4.73. The van der Waals surface area contributed by atoms with Crippen molar-refractivity contribution in [3.63, 3.8) is 0 Å². The fraction of sp³-hybridized carbons (Fsp3) is 0.375.